The number of piperazine rings is 1. The third kappa shape index (κ3) is 4.67. The highest BCUT2D eigenvalue weighted by molar-refractivity contribution is 7.92. The Hall–Kier alpha value is -3.20. The minimum absolute atomic E-state index is 0.0415. The summed E-state index contributed by atoms with van der Waals surface area (Å²) in [6.07, 6.45) is 5.69. The van der Waals surface area contributed by atoms with E-state index in [9.17, 15) is 13.2 Å². The van der Waals surface area contributed by atoms with Gasteiger partial charge in [0.05, 0.1) is 16.6 Å². The molecule has 1 aliphatic heterocycles. The third-order valence-corrected chi connectivity index (χ3v) is 7.86. The fourth-order valence-corrected chi connectivity index (χ4v) is 4.74. The number of hydrogen-bond donors (Lipinski definition) is 0. The summed E-state index contributed by atoms with van der Waals surface area (Å²) in [5, 5.41) is -0.472. The zero-order valence-corrected chi connectivity index (χ0v) is 19.1. The van der Waals surface area contributed by atoms with Gasteiger partial charge in [-0.15, -0.1) is 0 Å². The van der Waals surface area contributed by atoms with Crippen molar-refractivity contribution < 1.29 is 13.2 Å². The quantitative estimate of drug-likeness (QED) is 0.569. The molecule has 1 aliphatic rings. The van der Waals surface area contributed by atoms with E-state index in [4.69, 9.17) is 0 Å². The Morgan fingerprint density at radius 2 is 1.59 bits per heavy atom. The third-order valence-electron chi connectivity index (χ3n) is 5.69. The van der Waals surface area contributed by atoms with Crippen molar-refractivity contribution in [2.45, 2.75) is 30.4 Å². The van der Waals surface area contributed by atoms with Crippen LogP contribution in [0.5, 0.6) is 0 Å². The molecule has 3 aromatic rings. The summed E-state index contributed by atoms with van der Waals surface area (Å²) < 4.78 is 26.4. The predicted octanol–water partition coefficient (Wildman–Crippen LogP) is 2.34. The molecule has 0 N–H and O–H groups in total. The van der Waals surface area contributed by atoms with E-state index in [1.807, 2.05) is 40.1 Å². The van der Waals surface area contributed by atoms with Crippen LogP contribution in [0, 0.1) is 0 Å². The molecule has 8 nitrogen and oxygen atoms in total. The second-order valence-corrected chi connectivity index (χ2v) is 10.6. The fraction of sp³-hybridized carbons (Fsp3) is 0.348. The summed E-state index contributed by atoms with van der Waals surface area (Å²) in [4.78, 5) is 25.8. The zero-order chi connectivity index (χ0) is 22.7. The van der Waals surface area contributed by atoms with Gasteiger partial charge in [0.2, 0.25) is 5.91 Å². The largest absolute Gasteiger partial charge is 0.353 e. The van der Waals surface area contributed by atoms with Crippen LogP contribution < -0.4 is 4.90 Å². The molecule has 0 aliphatic carbocycles. The normalized spacial score (nSPS) is 14.7. The Kier molecular flexibility index (Phi) is 6.27. The highest BCUT2D eigenvalue weighted by atomic mass is 32.2. The molecule has 1 amide bonds. The number of sulfone groups is 1. The second-order valence-electron chi connectivity index (χ2n) is 8.11. The van der Waals surface area contributed by atoms with E-state index in [1.54, 1.807) is 44.4 Å². The number of benzene rings is 1. The molecule has 1 fully saturated rings. The molecule has 0 bridgehead atoms. The number of hydrogen-bond acceptors (Lipinski definition) is 6. The van der Waals surface area contributed by atoms with Crippen LogP contribution in [-0.2, 0) is 21.1 Å². The Bertz CT molecular complexity index is 1170. The van der Waals surface area contributed by atoms with Gasteiger partial charge in [0.1, 0.15) is 18.0 Å². The summed E-state index contributed by atoms with van der Waals surface area (Å²) in [6, 6.07) is 12.5. The maximum atomic E-state index is 12.8. The Morgan fingerprint density at radius 3 is 2.22 bits per heavy atom. The zero-order valence-electron chi connectivity index (χ0n) is 18.3. The van der Waals surface area contributed by atoms with Crippen LogP contribution in [0.3, 0.4) is 0 Å². The molecule has 1 saturated heterocycles. The van der Waals surface area contributed by atoms with Gasteiger partial charge >= 0.3 is 0 Å². The highest BCUT2D eigenvalue weighted by Gasteiger charge is 2.23. The van der Waals surface area contributed by atoms with Crippen molar-refractivity contribution in [3.63, 3.8) is 0 Å². The lowest BCUT2D eigenvalue weighted by Crippen LogP contribution is -2.49. The van der Waals surface area contributed by atoms with Gasteiger partial charge in [0.15, 0.2) is 9.84 Å². The smallest absolute Gasteiger partial charge is 0.227 e. The van der Waals surface area contributed by atoms with Crippen LogP contribution in [0.15, 0.2) is 66.1 Å². The van der Waals surface area contributed by atoms with Crippen LogP contribution in [0.1, 0.15) is 19.4 Å². The van der Waals surface area contributed by atoms with Crippen molar-refractivity contribution in [2.75, 3.05) is 31.1 Å². The molecule has 3 heterocycles. The van der Waals surface area contributed by atoms with Crippen LogP contribution in [0.2, 0.25) is 0 Å². The topological polar surface area (TPSA) is 88.4 Å². The molecule has 4 rings (SSSR count). The molecule has 0 unspecified atom stereocenters. The fourth-order valence-electron chi connectivity index (χ4n) is 3.68. The summed E-state index contributed by atoms with van der Waals surface area (Å²) in [5.74, 6) is 1.69. The molecular formula is C23H27N5O3S. The van der Waals surface area contributed by atoms with Crippen molar-refractivity contribution in [3.8, 4) is 5.82 Å². The molecular weight excluding hydrogens is 426 g/mol. The molecule has 2 aromatic heterocycles. The van der Waals surface area contributed by atoms with E-state index in [0.717, 1.165) is 17.2 Å². The average molecular weight is 454 g/mol. The Balaban J connectivity index is 1.35. The van der Waals surface area contributed by atoms with Crippen molar-refractivity contribution in [1.29, 1.82) is 0 Å². The van der Waals surface area contributed by atoms with Gasteiger partial charge in [-0.05, 0) is 43.7 Å². The van der Waals surface area contributed by atoms with Crippen LogP contribution in [-0.4, -0.2) is 65.2 Å². The van der Waals surface area contributed by atoms with Gasteiger partial charge in [-0.1, -0.05) is 12.1 Å². The highest BCUT2D eigenvalue weighted by Crippen LogP contribution is 2.19. The van der Waals surface area contributed by atoms with Gasteiger partial charge in [0.25, 0.3) is 0 Å². The minimum atomic E-state index is -3.31. The van der Waals surface area contributed by atoms with E-state index in [2.05, 4.69) is 14.9 Å². The minimum Gasteiger partial charge on any atom is -0.353 e. The van der Waals surface area contributed by atoms with E-state index in [-0.39, 0.29) is 12.3 Å². The molecule has 168 valence electrons. The van der Waals surface area contributed by atoms with Gasteiger partial charge in [0, 0.05) is 44.6 Å². The first-order chi connectivity index (χ1) is 15.3. The van der Waals surface area contributed by atoms with E-state index in [1.165, 1.54) is 0 Å². The Labute approximate surface area is 188 Å². The molecule has 0 radical (unpaired) electrons. The summed E-state index contributed by atoms with van der Waals surface area (Å²) in [7, 11) is -3.31. The molecule has 0 saturated carbocycles. The van der Waals surface area contributed by atoms with Crippen molar-refractivity contribution in [1.82, 2.24) is 19.4 Å². The van der Waals surface area contributed by atoms with E-state index >= 15 is 0 Å². The number of aromatic nitrogens is 3. The molecule has 32 heavy (non-hydrogen) atoms. The number of nitrogens with zero attached hydrogens (tertiary/aromatic N) is 5. The molecule has 9 heteroatoms. The summed E-state index contributed by atoms with van der Waals surface area (Å²) in [6.45, 7) is 5.94. The molecule has 1 aromatic carbocycles. The van der Waals surface area contributed by atoms with Gasteiger partial charge in [-0.3, -0.25) is 4.79 Å². The van der Waals surface area contributed by atoms with Crippen LogP contribution in [0.4, 0.5) is 5.82 Å². The number of rotatable bonds is 6. The van der Waals surface area contributed by atoms with Crippen molar-refractivity contribution >= 4 is 21.6 Å². The maximum absolute atomic E-state index is 12.8. The second kappa shape index (κ2) is 9.12. The summed E-state index contributed by atoms with van der Waals surface area (Å²) >= 11 is 0. The lowest BCUT2D eigenvalue weighted by molar-refractivity contribution is -0.130. The average Bonchev–Trinajstić information content (AvgIpc) is 3.35. The van der Waals surface area contributed by atoms with Crippen LogP contribution >= 0.6 is 0 Å². The SMILES string of the molecule is CC(C)S(=O)(=O)c1ccc(CC(=O)N2CCN(c3cc(-n4cccc4)ncn3)CC2)cc1. The first kappa shape index (κ1) is 22.0. The first-order valence-corrected chi connectivity index (χ1v) is 12.2. The van der Waals surface area contributed by atoms with Crippen LogP contribution in [0.25, 0.3) is 5.82 Å². The number of amides is 1. The number of anilines is 1. The molecule has 0 atom stereocenters. The van der Waals surface area contributed by atoms with Crippen molar-refractivity contribution in [3.05, 3.63) is 66.7 Å². The van der Waals surface area contributed by atoms with E-state index in [0.29, 0.717) is 31.1 Å². The Morgan fingerprint density at radius 1 is 0.969 bits per heavy atom. The standard InChI is InChI=1S/C23H27N5O3S/c1-18(2)32(30,31)20-7-5-19(6-8-20)15-23(29)28-13-11-27(12-14-28)22-16-21(24-17-25-22)26-9-3-4-10-26/h3-10,16-18H,11-15H2,1-2H3. The van der Waals surface area contributed by atoms with Gasteiger partial charge in [-0.25, -0.2) is 18.4 Å². The summed E-state index contributed by atoms with van der Waals surface area (Å²) in [5.41, 5.74) is 0.812. The van der Waals surface area contributed by atoms with Gasteiger partial charge in [-0.2, -0.15) is 0 Å². The van der Waals surface area contributed by atoms with E-state index < -0.39 is 15.1 Å². The van der Waals surface area contributed by atoms with Gasteiger partial charge < -0.3 is 14.4 Å². The first-order valence-electron chi connectivity index (χ1n) is 10.7. The monoisotopic (exact) mass is 453 g/mol. The predicted molar refractivity (Wildman–Crippen MR) is 123 cm³/mol. The lowest BCUT2D eigenvalue weighted by atomic mass is 10.1. The molecule has 0 spiro atoms. The van der Waals surface area contributed by atoms with Crippen molar-refractivity contribution in [2.24, 2.45) is 0 Å². The maximum Gasteiger partial charge on any atom is 0.227 e. The number of carbonyl (C=O) groups is 1. The number of carbonyl (C=O) groups excluding carboxylic acids is 1. The lowest BCUT2D eigenvalue weighted by Gasteiger charge is -2.35.